The Morgan fingerprint density at radius 2 is 1.70 bits per heavy atom. The Morgan fingerprint density at radius 3 is 2.35 bits per heavy atom. The van der Waals surface area contributed by atoms with Crippen LogP contribution in [0, 0.1) is 13.8 Å². The van der Waals surface area contributed by atoms with Crippen molar-refractivity contribution in [1.29, 1.82) is 0 Å². The highest BCUT2D eigenvalue weighted by Gasteiger charge is 2.36. The third kappa shape index (κ3) is 6.26. The number of allylic oxidation sites excluding steroid dienone is 1. The number of ether oxygens (including phenoxy) is 3. The zero-order valence-corrected chi connectivity index (χ0v) is 29.1. The summed E-state index contributed by atoms with van der Waals surface area (Å²) in [5, 5.41) is 0. The minimum atomic E-state index is -0.795. The summed E-state index contributed by atoms with van der Waals surface area (Å²) in [6.07, 6.45) is 3.17. The molecule has 2 aromatic heterocycles. The van der Waals surface area contributed by atoms with Crippen LogP contribution < -0.4 is 19.6 Å². The van der Waals surface area contributed by atoms with Crippen LogP contribution in [0.5, 0.6) is 5.75 Å². The summed E-state index contributed by atoms with van der Waals surface area (Å²) in [7, 11) is 1.57. The number of fused-ring (bicyclic) bond motifs is 1. The molecule has 240 valence electrons. The highest BCUT2D eigenvalue weighted by atomic mass is 79.9. The molecule has 46 heavy (non-hydrogen) atoms. The molecule has 1 atom stereocenters. The van der Waals surface area contributed by atoms with Crippen molar-refractivity contribution in [3.05, 3.63) is 112 Å². The van der Waals surface area contributed by atoms with Crippen LogP contribution in [0.3, 0.4) is 0 Å². The third-order valence-electron chi connectivity index (χ3n) is 7.77. The smallest absolute Gasteiger partial charge is 0.338 e. The van der Waals surface area contributed by atoms with E-state index in [1.165, 1.54) is 11.3 Å². The predicted molar refractivity (Wildman–Crippen MR) is 182 cm³/mol. The maximum Gasteiger partial charge on any atom is 0.338 e. The van der Waals surface area contributed by atoms with Crippen LogP contribution in [-0.2, 0) is 14.3 Å². The average Bonchev–Trinajstić information content (AvgIpc) is 3.50. The zero-order valence-electron chi connectivity index (χ0n) is 26.7. The zero-order chi connectivity index (χ0) is 33.1. The van der Waals surface area contributed by atoms with E-state index in [0.29, 0.717) is 50.5 Å². The van der Waals surface area contributed by atoms with Crippen molar-refractivity contribution in [3.8, 4) is 11.4 Å². The Bertz CT molecular complexity index is 2020. The Kier molecular flexibility index (Phi) is 10.1. The topological polar surface area (TPSA) is 101 Å². The van der Waals surface area contributed by atoms with Crippen LogP contribution in [0.25, 0.3) is 11.8 Å². The molecule has 1 aliphatic rings. The van der Waals surface area contributed by atoms with Gasteiger partial charge in [0.05, 0.1) is 41.7 Å². The van der Waals surface area contributed by atoms with Gasteiger partial charge >= 0.3 is 11.9 Å². The van der Waals surface area contributed by atoms with E-state index in [-0.39, 0.29) is 18.1 Å². The van der Waals surface area contributed by atoms with Crippen molar-refractivity contribution < 1.29 is 23.8 Å². The van der Waals surface area contributed by atoms with E-state index in [1.807, 2.05) is 63.2 Å². The summed E-state index contributed by atoms with van der Waals surface area (Å²) in [6, 6.07) is 14.0. The number of carbonyl (C=O) groups excluding carboxylic acids is 2. The highest BCUT2D eigenvalue weighted by molar-refractivity contribution is 9.10. The van der Waals surface area contributed by atoms with Crippen LogP contribution in [0.4, 0.5) is 0 Å². The number of thiazole rings is 1. The van der Waals surface area contributed by atoms with Gasteiger partial charge in [-0.25, -0.2) is 14.6 Å². The first-order valence-corrected chi connectivity index (χ1v) is 16.8. The van der Waals surface area contributed by atoms with Gasteiger partial charge in [0.1, 0.15) is 11.8 Å². The largest absolute Gasteiger partial charge is 0.496 e. The molecule has 0 N–H and O–H groups in total. The number of benzene rings is 2. The number of methoxy groups -OCH3 is 1. The Balaban J connectivity index is 1.68. The number of hydrogen-bond acceptors (Lipinski definition) is 8. The molecule has 0 amide bonds. The van der Waals surface area contributed by atoms with Gasteiger partial charge in [0.15, 0.2) is 4.80 Å². The van der Waals surface area contributed by atoms with E-state index < -0.39 is 12.0 Å². The molecule has 0 unspecified atom stereocenters. The average molecular weight is 707 g/mol. The fourth-order valence-corrected chi connectivity index (χ4v) is 7.16. The quantitative estimate of drug-likeness (QED) is 0.190. The molecule has 0 aliphatic carbocycles. The van der Waals surface area contributed by atoms with Crippen LogP contribution >= 0.6 is 27.3 Å². The van der Waals surface area contributed by atoms with E-state index in [2.05, 4.69) is 20.5 Å². The molecular formula is C35H36BrN3O6S. The standard InChI is InChI=1S/C35H36BrN3O6S/c1-7-10-27-30(34(42)45-9-3)31(26-19-24(36)13-16-28(26)43-6)39-32(40)29(46-35(39)37-27)18-23-17-20(4)38(21(23)5)25-14-11-22(12-15-25)33(41)44-8-2/h11-19,31H,7-10H2,1-6H3/b29-18+/t31-/m1/s1. The summed E-state index contributed by atoms with van der Waals surface area (Å²) in [5.41, 5.74) is 5.45. The number of aromatic nitrogens is 2. The van der Waals surface area contributed by atoms with Crippen molar-refractivity contribution in [2.45, 2.75) is 53.5 Å². The predicted octanol–water partition coefficient (Wildman–Crippen LogP) is 5.93. The fraction of sp³-hybridized carbons (Fsp3) is 0.314. The lowest BCUT2D eigenvalue weighted by Crippen LogP contribution is -2.40. The van der Waals surface area contributed by atoms with E-state index >= 15 is 0 Å². The number of rotatable bonds is 10. The number of aryl methyl sites for hydroxylation is 1. The van der Waals surface area contributed by atoms with Gasteiger partial charge in [-0.3, -0.25) is 9.36 Å². The van der Waals surface area contributed by atoms with Gasteiger partial charge in [0, 0.05) is 27.1 Å². The molecule has 0 bridgehead atoms. The molecule has 3 heterocycles. The molecule has 2 aromatic carbocycles. The Morgan fingerprint density at radius 1 is 1.00 bits per heavy atom. The van der Waals surface area contributed by atoms with E-state index in [4.69, 9.17) is 19.2 Å². The fourth-order valence-electron chi connectivity index (χ4n) is 5.77. The van der Waals surface area contributed by atoms with Gasteiger partial charge in [-0.15, -0.1) is 0 Å². The minimum Gasteiger partial charge on any atom is -0.496 e. The number of esters is 2. The summed E-state index contributed by atoms with van der Waals surface area (Å²) < 4.78 is 21.3. The Hall–Kier alpha value is -4.22. The number of halogens is 1. The van der Waals surface area contributed by atoms with Gasteiger partial charge < -0.3 is 18.8 Å². The monoisotopic (exact) mass is 705 g/mol. The molecule has 5 rings (SSSR count). The molecule has 0 saturated carbocycles. The van der Waals surface area contributed by atoms with Gasteiger partial charge in [-0.05, 0) is 94.3 Å². The first kappa shape index (κ1) is 33.2. The molecule has 4 aromatic rings. The van der Waals surface area contributed by atoms with E-state index in [1.54, 1.807) is 37.7 Å². The second-order valence-electron chi connectivity index (χ2n) is 10.7. The molecule has 1 aliphatic heterocycles. The maximum absolute atomic E-state index is 14.3. The first-order valence-electron chi connectivity index (χ1n) is 15.1. The van der Waals surface area contributed by atoms with E-state index in [0.717, 1.165) is 33.5 Å². The minimum absolute atomic E-state index is 0.190. The molecular weight excluding hydrogens is 670 g/mol. The molecule has 11 heteroatoms. The Labute approximate surface area is 279 Å². The van der Waals surface area contributed by atoms with Gasteiger partial charge in [-0.1, -0.05) is 40.6 Å². The van der Waals surface area contributed by atoms with Crippen LogP contribution in [0.15, 0.2) is 74.1 Å². The molecule has 0 spiro atoms. The first-order chi connectivity index (χ1) is 22.1. The SMILES string of the molecule is CCCC1=C(C(=O)OCC)[C@@H](c2cc(Br)ccc2OC)n2c(s/c(=C/c3cc(C)n(-c4ccc(C(=O)OCC)cc4)c3C)c2=O)=N1. The lowest BCUT2D eigenvalue weighted by molar-refractivity contribution is -0.139. The number of carbonyl (C=O) groups is 2. The maximum atomic E-state index is 14.3. The lowest BCUT2D eigenvalue weighted by Gasteiger charge is -2.27. The van der Waals surface area contributed by atoms with Crippen molar-refractivity contribution in [2.24, 2.45) is 4.99 Å². The third-order valence-corrected chi connectivity index (χ3v) is 9.25. The number of nitrogens with zero attached hydrogens (tertiary/aromatic N) is 3. The lowest BCUT2D eigenvalue weighted by atomic mass is 9.93. The summed E-state index contributed by atoms with van der Waals surface area (Å²) in [5.74, 6) is -0.327. The molecule has 9 nitrogen and oxygen atoms in total. The molecule has 0 fully saturated rings. The van der Waals surface area contributed by atoms with Crippen LogP contribution in [-0.4, -0.2) is 41.4 Å². The summed E-state index contributed by atoms with van der Waals surface area (Å²) in [6.45, 7) is 10.0. The van der Waals surface area contributed by atoms with Gasteiger partial charge in [-0.2, -0.15) is 0 Å². The molecule has 0 radical (unpaired) electrons. The summed E-state index contributed by atoms with van der Waals surface area (Å²) in [4.78, 5) is 45.4. The van der Waals surface area contributed by atoms with Crippen LogP contribution in [0.2, 0.25) is 0 Å². The number of hydrogen-bond donors (Lipinski definition) is 0. The second-order valence-corrected chi connectivity index (χ2v) is 12.7. The molecule has 0 saturated heterocycles. The summed E-state index contributed by atoms with van der Waals surface area (Å²) >= 11 is 4.85. The van der Waals surface area contributed by atoms with Crippen molar-refractivity contribution in [1.82, 2.24) is 9.13 Å². The van der Waals surface area contributed by atoms with Crippen molar-refractivity contribution >= 4 is 45.3 Å². The van der Waals surface area contributed by atoms with Crippen molar-refractivity contribution in [3.63, 3.8) is 0 Å². The van der Waals surface area contributed by atoms with Crippen molar-refractivity contribution in [2.75, 3.05) is 20.3 Å². The van der Waals surface area contributed by atoms with Gasteiger partial charge in [0.2, 0.25) is 0 Å². The highest BCUT2D eigenvalue weighted by Crippen LogP contribution is 2.38. The normalized spacial score (nSPS) is 14.6. The van der Waals surface area contributed by atoms with Crippen LogP contribution in [0.1, 0.15) is 72.5 Å². The van der Waals surface area contributed by atoms with Gasteiger partial charge in [0.25, 0.3) is 5.56 Å². The van der Waals surface area contributed by atoms with E-state index in [9.17, 15) is 14.4 Å². The second kappa shape index (κ2) is 14.0.